The van der Waals surface area contributed by atoms with Crippen LogP contribution in [0.4, 0.5) is 0 Å². The van der Waals surface area contributed by atoms with E-state index in [0.717, 1.165) is 17.6 Å². The minimum absolute atomic E-state index is 0.00500. The predicted molar refractivity (Wildman–Crippen MR) is 92.4 cm³/mol. The second-order valence-electron chi connectivity index (χ2n) is 7.10. The minimum Gasteiger partial charge on any atom is -0.457 e. The highest BCUT2D eigenvalue weighted by Gasteiger charge is 2.52. The number of aliphatic hydroxyl groups is 2. The molecular weight excluding hydrogens is 320 g/mol. The monoisotopic (exact) mass is 344 g/mol. The molecule has 0 spiro atoms. The van der Waals surface area contributed by atoms with Crippen molar-refractivity contribution in [3.63, 3.8) is 0 Å². The number of Topliss-reactive ketones (excluding diaryl/α,β-unsaturated/α-hetero) is 1. The molecule has 0 amide bonds. The molecule has 1 aliphatic heterocycles. The van der Waals surface area contributed by atoms with Crippen LogP contribution in [0, 0.1) is 17.8 Å². The number of aliphatic hydroxyl groups excluding tert-OH is 2. The van der Waals surface area contributed by atoms with Crippen molar-refractivity contribution in [2.75, 3.05) is 13.2 Å². The van der Waals surface area contributed by atoms with E-state index < -0.39 is 30.5 Å². The van der Waals surface area contributed by atoms with Crippen LogP contribution in [-0.4, -0.2) is 41.3 Å². The van der Waals surface area contributed by atoms with Crippen LogP contribution in [0.2, 0.25) is 0 Å². The average molecular weight is 344 g/mol. The summed E-state index contributed by atoms with van der Waals surface area (Å²) in [7, 11) is 0. The van der Waals surface area contributed by atoms with Gasteiger partial charge in [-0.3, -0.25) is 4.79 Å². The first-order valence-corrected chi connectivity index (χ1v) is 8.60. The van der Waals surface area contributed by atoms with Gasteiger partial charge in [0.15, 0.2) is 5.78 Å². The molecule has 0 bridgehead atoms. The molecule has 1 saturated heterocycles. The second kappa shape index (κ2) is 6.73. The van der Waals surface area contributed by atoms with Crippen LogP contribution in [0.1, 0.15) is 26.7 Å². The lowest BCUT2D eigenvalue weighted by Gasteiger charge is -2.28. The third-order valence-electron chi connectivity index (χ3n) is 5.77. The molecule has 0 radical (unpaired) electrons. The average Bonchev–Trinajstić information content (AvgIpc) is 3.06. The number of carbonyl (C=O) groups excluding carboxylic acids is 2. The summed E-state index contributed by atoms with van der Waals surface area (Å²) in [5, 5.41) is 18.6. The van der Waals surface area contributed by atoms with Gasteiger partial charge in [-0.2, -0.15) is 0 Å². The second-order valence-corrected chi connectivity index (χ2v) is 7.10. The van der Waals surface area contributed by atoms with Gasteiger partial charge in [-0.05, 0) is 26.7 Å². The first-order valence-electron chi connectivity index (χ1n) is 8.60. The van der Waals surface area contributed by atoms with E-state index in [1.54, 1.807) is 0 Å². The van der Waals surface area contributed by atoms with Crippen molar-refractivity contribution < 1.29 is 24.5 Å². The van der Waals surface area contributed by atoms with E-state index in [2.05, 4.69) is 12.7 Å². The molecule has 0 aromatic rings. The maximum atomic E-state index is 13.0. The van der Waals surface area contributed by atoms with E-state index in [1.807, 2.05) is 13.8 Å². The molecule has 134 valence electrons. The van der Waals surface area contributed by atoms with Crippen LogP contribution in [0.15, 0.2) is 46.6 Å². The van der Waals surface area contributed by atoms with E-state index in [1.165, 1.54) is 11.6 Å². The van der Waals surface area contributed by atoms with E-state index in [-0.39, 0.29) is 23.9 Å². The molecule has 1 fully saturated rings. The molecule has 0 aromatic heterocycles. The van der Waals surface area contributed by atoms with Crippen molar-refractivity contribution in [3.8, 4) is 0 Å². The molecule has 5 nitrogen and oxygen atoms in total. The van der Waals surface area contributed by atoms with Crippen molar-refractivity contribution in [3.05, 3.63) is 46.6 Å². The molecule has 1 heterocycles. The molecule has 4 unspecified atom stereocenters. The fraction of sp³-hybridized carbons (Fsp3) is 0.500. The summed E-state index contributed by atoms with van der Waals surface area (Å²) >= 11 is 0. The molecule has 0 saturated carbocycles. The van der Waals surface area contributed by atoms with Gasteiger partial charge >= 0.3 is 5.97 Å². The first-order chi connectivity index (χ1) is 11.9. The lowest BCUT2D eigenvalue weighted by molar-refractivity contribution is -0.140. The highest BCUT2D eigenvalue weighted by Crippen LogP contribution is 2.50. The smallest absolute Gasteiger partial charge is 0.334 e. The topological polar surface area (TPSA) is 83.8 Å². The summed E-state index contributed by atoms with van der Waals surface area (Å²) in [4.78, 5) is 25.2. The summed E-state index contributed by atoms with van der Waals surface area (Å²) in [6.45, 7) is 7.19. The third kappa shape index (κ3) is 2.81. The molecule has 3 aliphatic rings. The lowest BCUT2D eigenvalue weighted by Crippen LogP contribution is -2.35. The number of hydrogen-bond acceptors (Lipinski definition) is 5. The van der Waals surface area contributed by atoms with Gasteiger partial charge in [0, 0.05) is 28.9 Å². The Kier molecular flexibility index (Phi) is 4.80. The SMILES string of the molecule is C=C1C(=O)OC2C3C(C)=CCC3=C(C)CC(C(=O)C(=CCO)CO)C12. The Balaban J connectivity index is 2.07. The van der Waals surface area contributed by atoms with Crippen LogP contribution < -0.4 is 0 Å². The molecule has 4 atom stereocenters. The summed E-state index contributed by atoms with van der Waals surface area (Å²) in [5.74, 6) is -1.60. The number of ketones is 1. The zero-order valence-corrected chi connectivity index (χ0v) is 14.6. The van der Waals surface area contributed by atoms with Crippen LogP contribution >= 0.6 is 0 Å². The highest BCUT2D eigenvalue weighted by molar-refractivity contribution is 6.00. The number of hydrogen-bond donors (Lipinski definition) is 2. The molecule has 3 rings (SSSR count). The van der Waals surface area contributed by atoms with Gasteiger partial charge in [0.05, 0.1) is 13.2 Å². The van der Waals surface area contributed by atoms with Gasteiger partial charge in [0.2, 0.25) is 0 Å². The third-order valence-corrected chi connectivity index (χ3v) is 5.77. The Morgan fingerprint density at radius 1 is 1.40 bits per heavy atom. The van der Waals surface area contributed by atoms with E-state index in [4.69, 9.17) is 9.84 Å². The molecule has 5 heteroatoms. The maximum absolute atomic E-state index is 13.0. The van der Waals surface area contributed by atoms with Gasteiger partial charge in [0.25, 0.3) is 0 Å². The van der Waals surface area contributed by atoms with Crippen molar-refractivity contribution in [1.82, 2.24) is 0 Å². The quantitative estimate of drug-likeness (QED) is 0.462. The number of ether oxygens (including phenoxy) is 1. The zero-order valence-electron chi connectivity index (χ0n) is 14.6. The van der Waals surface area contributed by atoms with Crippen molar-refractivity contribution in [1.29, 1.82) is 0 Å². The number of esters is 1. The fourth-order valence-electron chi connectivity index (χ4n) is 4.49. The van der Waals surface area contributed by atoms with E-state index >= 15 is 0 Å². The van der Waals surface area contributed by atoms with Gasteiger partial charge < -0.3 is 14.9 Å². The van der Waals surface area contributed by atoms with Gasteiger partial charge in [-0.25, -0.2) is 4.79 Å². The summed E-state index contributed by atoms with van der Waals surface area (Å²) in [6.07, 6.45) is 4.38. The Morgan fingerprint density at radius 2 is 2.12 bits per heavy atom. The molecule has 2 N–H and O–H groups in total. The van der Waals surface area contributed by atoms with Crippen LogP contribution in [0.3, 0.4) is 0 Å². The van der Waals surface area contributed by atoms with Crippen molar-refractivity contribution in [2.45, 2.75) is 32.8 Å². The largest absolute Gasteiger partial charge is 0.457 e. The van der Waals surface area contributed by atoms with Crippen molar-refractivity contribution >= 4 is 11.8 Å². The Morgan fingerprint density at radius 3 is 2.76 bits per heavy atom. The van der Waals surface area contributed by atoms with Gasteiger partial charge in [0.1, 0.15) is 6.10 Å². The van der Waals surface area contributed by atoms with E-state index in [9.17, 15) is 14.7 Å². The van der Waals surface area contributed by atoms with Crippen molar-refractivity contribution in [2.24, 2.45) is 17.8 Å². The van der Waals surface area contributed by atoms with Crippen LogP contribution in [0.5, 0.6) is 0 Å². The summed E-state index contributed by atoms with van der Waals surface area (Å²) in [6, 6.07) is 0. The molecule has 0 aromatic carbocycles. The minimum atomic E-state index is -0.514. The van der Waals surface area contributed by atoms with Crippen LogP contribution in [-0.2, 0) is 14.3 Å². The molecule has 25 heavy (non-hydrogen) atoms. The number of carbonyl (C=O) groups is 2. The molecule has 2 aliphatic carbocycles. The standard InChI is InChI=1S/C20H24O5/c1-10-4-5-14-11(2)8-15(18(23)13(9-22)6-7-21)17-12(3)20(24)25-19(17)16(10)14/h4,6,15-17,19,21-22H,3,5,7-9H2,1-2H3. The number of rotatable bonds is 4. The number of fused-ring (bicyclic) bond motifs is 3. The number of allylic oxidation sites excluding steroid dienone is 2. The Bertz CT molecular complexity index is 724. The Labute approximate surface area is 147 Å². The zero-order chi connectivity index (χ0) is 18.3. The summed E-state index contributed by atoms with van der Waals surface area (Å²) in [5.41, 5.74) is 4.03. The van der Waals surface area contributed by atoms with Gasteiger partial charge in [-0.15, -0.1) is 0 Å². The highest BCUT2D eigenvalue weighted by atomic mass is 16.6. The van der Waals surface area contributed by atoms with E-state index in [0.29, 0.717) is 12.0 Å². The lowest BCUT2D eigenvalue weighted by atomic mass is 9.75. The normalized spacial score (nSPS) is 32.2. The fourth-order valence-corrected chi connectivity index (χ4v) is 4.49. The Hall–Kier alpha value is -1.98. The maximum Gasteiger partial charge on any atom is 0.334 e. The first kappa shape index (κ1) is 17.8. The molecular formula is C20H24O5. The summed E-state index contributed by atoms with van der Waals surface area (Å²) < 4.78 is 5.65. The van der Waals surface area contributed by atoms with Gasteiger partial charge in [-0.1, -0.05) is 35.5 Å². The predicted octanol–water partition coefficient (Wildman–Crippen LogP) is 1.87. The van der Waals surface area contributed by atoms with Crippen LogP contribution in [0.25, 0.3) is 0 Å².